The molecule has 2 aliphatic rings. The van der Waals surface area contributed by atoms with E-state index in [-0.39, 0.29) is 23.8 Å². The van der Waals surface area contributed by atoms with E-state index in [0.29, 0.717) is 12.1 Å². The van der Waals surface area contributed by atoms with Gasteiger partial charge in [-0.1, -0.05) is 6.07 Å². The van der Waals surface area contributed by atoms with Crippen LogP contribution in [0.15, 0.2) is 18.2 Å². The molecule has 1 aliphatic carbocycles. The summed E-state index contributed by atoms with van der Waals surface area (Å²) in [4.78, 5) is 26.2. The van der Waals surface area contributed by atoms with Crippen molar-refractivity contribution in [1.29, 1.82) is 0 Å². The van der Waals surface area contributed by atoms with E-state index in [0.717, 1.165) is 31.2 Å². The third-order valence-corrected chi connectivity index (χ3v) is 4.76. The van der Waals surface area contributed by atoms with Gasteiger partial charge >= 0.3 is 6.09 Å². The zero-order valence-electron chi connectivity index (χ0n) is 15.0. The van der Waals surface area contributed by atoms with E-state index in [1.54, 1.807) is 6.07 Å². The van der Waals surface area contributed by atoms with Gasteiger partial charge in [-0.2, -0.15) is 0 Å². The molecule has 3 rings (SSSR count). The summed E-state index contributed by atoms with van der Waals surface area (Å²) in [6.45, 7) is 6.05. The highest BCUT2D eigenvalue weighted by Crippen LogP contribution is 2.31. The zero-order chi connectivity index (χ0) is 18.2. The quantitative estimate of drug-likeness (QED) is 0.888. The second kappa shape index (κ2) is 6.65. The average molecular weight is 348 g/mol. The molecule has 1 aliphatic heterocycles. The molecule has 0 atom stereocenters. The molecule has 1 aromatic carbocycles. The second-order valence-corrected chi connectivity index (χ2v) is 7.89. The predicted molar refractivity (Wildman–Crippen MR) is 91.7 cm³/mol. The lowest BCUT2D eigenvalue weighted by molar-refractivity contribution is 0.0461. The van der Waals surface area contributed by atoms with Crippen LogP contribution >= 0.6 is 0 Å². The molecule has 1 aromatic rings. The number of carbonyl (C=O) groups is 2. The van der Waals surface area contributed by atoms with Crippen molar-refractivity contribution in [3.63, 3.8) is 0 Å². The maximum atomic E-state index is 13.4. The number of nitrogens with zero attached hydrogens (tertiary/aromatic N) is 1. The maximum Gasteiger partial charge on any atom is 0.407 e. The first kappa shape index (κ1) is 17.7. The monoisotopic (exact) mass is 348 g/mol. The molecule has 0 saturated heterocycles. The highest BCUT2D eigenvalue weighted by molar-refractivity contribution is 5.98. The summed E-state index contributed by atoms with van der Waals surface area (Å²) in [5, 5.41) is 2.91. The van der Waals surface area contributed by atoms with E-state index < -0.39 is 11.7 Å². The van der Waals surface area contributed by atoms with Crippen molar-refractivity contribution in [2.24, 2.45) is 0 Å². The SMILES string of the molecule is CC(C)(C)OC(=O)NC1CCC(N2Cc3ccc(F)cc3C2=O)CC1. The number of ether oxygens (including phenoxy) is 1. The van der Waals surface area contributed by atoms with Crippen LogP contribution in [0.5, 0.6) is 0 Å². The van der Waals surface area contributed by atoms with E-state index in [1.807, 2.05) is 25.7 Å². The Balaban J connectivity index is 1.53. The van der Waals surface area contributed by atoms with Crippen molar-refractivity contribution >= 4 is 12.0 Å². The number of rotatable bonds is 2. The number of benzene rings is 1. The van der Waals surface area contributed by atoms with Gasteiger partial charge in [0.2, 0.25) is 0 Å². The normalized spacial score (nSPS) is 23.4. The lowest BCUT2D eigenvalue weighted by atomic mass is 9.90. The third kappa shape index (κ3) is 4.11. The molecule has 136 valence electrons. The van der Waals surface area contributed by atoms with Gasteiger partial charge in [-0.3, -0.25) is 4.79 Å². The first-order chi connectivity index (χ1) is 11.7. The van der Waals surface area contributed by atoms with E-state index >= 15 is 0 Å². The minimum Gasteiger partial charge on any atom is -0.444 e. The van der Waals surface area contributed by atoms with Crippen LogP contribution in [0.25, 0.3) is 0 Å². The molecule has 0 spiro atoms. The first-order valence-corrected chi connectivity index (χ1v) is 8.82. The molecule has 0 aromatic heterocycles. The van der Waals surface area contributed by atoms with Crippen LogP contribution in [-0.2, 0) is 11.3 Å². The van der Waals surface area contributed by atoms with Crippen molar-refractivity contribution < 1.29 is 18.7 Å². The Morgan fingerprint density at radius 3 is 2.56 bits per heavy atom. The van der Waals surface area contributed by atoms with Gasteiger partial charge in [0.1, 0.15) is 11.4 Å². The van der Waals surface area contributed by atoms with Crippen molar-refractivity contribution in [1.82, 2.24) is 10.2 Å². The standard InChI is InChI=1S/C19H25FN2O3/c1-19(2,3)25-18(24)21-14-6-8-15(9-7-14)22-11-12-4-5-13(20)10-16(12)17(22)23/h4-5,10,14-15H,6-9,11H2,1-3H3,(H,21,24). The molecule has 0 bridgehead atoms. The lowest BCUT2D eigenvalue weighted by Gasteiger charge is -2.35. The molecule has 1 N–H and O–H groups in total. The summed E-state index contributed by atoms with van der Waals surface area (Å²) < 4.78 is 18.7. The van der Waals surface area contributed by atoms with Crippen LogP contribution < -0.4 is 5.32 Å². The van der Waals surface area contributed by atoms with Crippen molar-refractivity contribution in [2.75, 3.05) is 0 Å². The van der Waals surface area contributed by atoms with E-state index in [1.165, 1.54) is 12.1 Å². The van der Waals surface area contributed by atoms with Crippen molar-refractivity contribution in [3.8, 4) is 0 Å². The number of fused-ring (bicyclic) bond motifs is 1. The van der Waals surface area contributed by atoms with Crippen LogP contribution in [0, 0.1) is 5.82 Å². The number of hydrogen-bond acceptors (Lipinski definition) is 3. The summed E-state index contributed by atoms with van der Waals surface area (Å²) in [6.07, 6.45) is 2.86. The molecule has 0 radical (unpaired) electrons. The number of nitrogens with one attached hydrogen (secondary N) is 1. The van der Waals surface area contributed by atoms with Gasteiger partial charge in [0.25, 0.3) is 5.91 Å². The lowest BCUT2D eigenvalue weighted by Crippen LogP contribution is -2.45. The maximum absolute atomic E-state index is 13.4. The smallest absolute Gasteiger partial charge is 0.407 e. The summed E-state index contributed by atoms with van der Waals surface area (Å²) in [6, 6.07) is 4.63. The Morgan fingerprint density at radius 2 is 1.92 bits per heavy atom. The van der Waals surface area contributed by atoms with E-state index in [9.17, 15) is 14.0 Å². The second-order valence-electron chi connectivity index (χ2n) is 7.89. The Kier molecular flexibility index (Phi) is 4.71. The average Bonchev–Trinajstić information content (AvgIpc) is 2.83. The Morgan fingerprint density at radius 1 is 1.24 bits per heavy atom. The molecular formula is C19H25FN2O3. The number of alkyl carbamates (subject to hydrolysis) is 1. The zero-order valence-corrected chi connectivity index (χ0v) is 15.0. The molecule has 5 nitrogen and oxygen atoms in total. The molecule has 25 heavy (non-hydrogen) atoms. The fourth-order valence-corrected chi connectivity index (χ4v) is 3.60. The number of carbonyl (C=O) groups excluding carboxylic acids is 2. The van der Waals surface area contributed by atoms with Gasteiger partial charge in [-0.05, 0) is 64.2 Å². The van der Waals surface area contributed by atoms with Crippen LogP contribution in [0.3, 0.4) is 0 Å². The minimum atomic E-state index is -0.510. The third-order valence-electron chi connectivity index (χ3n) is 4.76. The molecule has 1 fully saturated rings. The Hall–Kier alpha value is -2.11. The van der Waals surface area contributed by atoms with Gasteiger partial charge in [0, 0.05) is 24.2 Å². The van der Waals surface area contributed by atoms with Crippen LogP contribution in [0.2, 0.25) is 0 Å². The molecule has 1 heterocycles. The fourth-order valence-electron chi connectivity index (χ4n) is 3.60. The fraction of sp³-hybridized carbons (Fsp3) is 0.579. The van der Waals surface area contributed by atoms with Gasteiger partial charge in [-0.25, -0.2) is 9.18 Å². The summed E-state index contributed by atoms with van der Waals surface area (Å²) >= 11 is 0. The largest absolute Gasteiger partial charge is 0.444 e. The number of halogens is 1. The number of hydrogen-bond donors (Lipinski definition) is 1. The molecule has 1 saturated carbocycles. The van der Waals surface area contributed by atoms with Crippen LogP contribution in [-0.4, -0.2) is 34.6 Å². The Labute approximate surface area is 147 Å². The predicted octanol–water partition coefficient (Wildman–Crippen LogP) is 3.62. The summed E-state index contributed by atoms with van der Waals surface area (Å²) in [5.41, 5.74) is 0.860. The van der Waals surface area contributed by atoms with Crippen LogP contribution in [0.1, 0.15) is 62.4 Å². The van der Waals surface area contributed by atoms with Gasteiger partial charge < -0.3 is 15.0 Å². The van der Waals surface area contributed by atoms with E-state index in [4.69, 9.17) is 4.74 Å². The first-order valence-electron chi connectivity index (χ1n) is 8.82. The van der Waals surface area contributed by atoms with E-state index in [2.05, 4.69) is 5.32 Å². The Bertz CT molecular complexity index is 676. The molecule has 2 amide bonds. The highest BCUT2D eigenvalue weighted by Gasteiger charge is 2.35. The molecule has 0 unspecified atom stereocenters. The van der Waals surface area contributed by atoms with Gasteiger partial charge in [0.05, 0.1) is 0 Å². The van der Waals surface area contributed by atoms with Gasteiger partial charge in [0.15, 0.2) is 0 Å². The van der Waals surface area contributed by atoms with Gasteiger partial charge in [-0.15, -0.1) is 0 Å². The number of amides is 2. The van der Waals surface area contributed by atoms with Crippen molar-refractivity contribution in [3.05, 3.63) is 35.1 Å². The summed E-state index contributed by atoms with van der Waals surface area (Å²) in [5.74, 6) is -0.461. The van der Waals surface area contributed by atoms with Crippen LogP contribution in [0.4, 0.5) is 9.18 Å². The summed E-state index contributed by atoms with van der Waals surface area (Å²) in [7, 11) is 0. The minimum absolute atomic E-state index is 0.0728. The molecular weight excluding hydrogens is 323 g/mol. The van der Waals surface area contributed by atoms with Crippen molar-refractivity contribution in [2.45, 2.75) is 70.7 Å². The topological polar surface area (TPSA) is 58.6 Å². The molecule has 6 heteroatoms. The highest BCUT2D eigenvalue weighted by atomic mass is 19.1.